The zero-order valence-electron chi connectivity index (χ0n) is 28.2. The summed E-state index contributed by atoms with van der Waals surface area (Å²) in [6.45, 7) is 28.6. The highest BCUT2D eigenvalue weighted by Crippen LogP contribution is 2.50. The Morgan fingerprint density at radius 3 is 2.26 bits per heavy atom. The summed E-state index contributed by atoms with van der Waals surface area (Å²) < 4.78 is 32.1. The summed E-state index contributed by atoms with van der Waals surface area (Å²) >= 11 is 0. The molecule has 2 aliphatic carbocycles. The van der Waals surface area contributed by atoms with Gasteiger partial charge < -0.3 is 29.4 Å². The maximum atomic E-state index is 14.1. The van der Waals surface area contributed by atoms with Crippen LogP contribution >= 0.6 is 0 Å². The fourth-order valence-electron chi connectivity index (χ4n) is 5.20. The number of ketones is 6. The molecule has 4 heterocycles. The van der Waals surface area contributed by atoms with Gasteiger partial charge in [-0.15, -0.1) is 0 Å². The van der Waals surface area contributed by atoms with Gasteiger partial charge in [0, 0.05) is 24.1 Å². The number of hydrogen-bond donors (Lipinski definition) is 2. The number of Topliss-reactive ketones (excluding diaryl/α,β-unsaturated/α-hetero) is 5. The van der Waals surface area contributed by atoms with Gasteiger partial charge in [-0.05, 0) is 6.92 Å². The summed E-state index contributed by atoms with van der Waals surface area (Å²) in [5, 5.41) is 12.0. The SMILES string of the molecule is C=[O+]C1=C([CH2+])C(=[O+]C(=C)O)C(=C)C(=O)C(=C)C(=O)C(C)=C=C=CC(=C)C(=O)NC2=[C]C3(OCC(=O)O3)C3=C(C(=O)C(=C)C4=C3C(=O)C([CH2+])(OC#C1)O4)C2=O. The van der Waals surface area contributed by atoms with Crippen molar-refractivity contribution in [3.8, 4) is 12.0 Å². The number of nitrogens with one attached hydrogen (secondary N) is 1. The second-order valence-electron chi connectivity index (χ2n) is 11.4. The monoisotopic (exact) mass is 730 g/mol. The number of aliphatic hydroxyl groups is 1. The molecule has 0 aromatic heterocycles. The number of aliphatic hydroxyl groups excluding tert-OH is 1. The fourth-order valence-corrected chi connectivity index (χ4v) is 5.20. The minimum absolute atomic E-state index is 0.234. The summed E-state index contributed by atoms with van der Waals surface area (Å²) in [7, 11) is 0. The molecule has 1 spiro atoms. The van der Waals surface area contributed by atoms with E-state index in [0.29, 0.717) is 0 Å². The van der Waals surface area contributed by atoms with E-state index >= 15 is 0 Å². The molecule has 6 rings (SSSR count). The van der Waals surface area contributed by atoms with Crippen LogP contribution in [-0.4, -0.2) is 76.7 Å². The average molecular weight is 731 g/mol. The Balaban J connectivity index is 1.74. The minimum atomic E-state index is -2.64. The van der Waals surface area contributed by atoms with Crippen molar-refractivity contribution in [2.75, 3.05) is 6.61 Å². The Morgan fingerprint density at radius 1 is 0.963 bits per heavy atom. The highest BCUT2D eigenvalue weighted by Gasteiger charge is 2.65. The molecular weight excluding hydrogens is 706 g/mol. The Bertz CT molecular complexity index is 2430. The fraction of sp³-hybridized carbons (Fsp3) is 0.103. The van der Waals surface area contributed by atoms with Gasteiger partial charge >= 0.3 is 47.4 Å². The number of allylic oxidation sites excluding steroid dienone is 7. The van der Waals surface area contributed by atoms with Gasteiger partial charge in [-0.2, -0.15) is 4.42 Å². The number of hydrogen-bond acceptors (Lipinski definition) is 12. The molecule has 5 bridgehead atoms. The Hall–Kier alpha value is -7.75. The number of rotatable bonds is 2. The van der Waals surface area contributed by atoms with Gasteiger partial charge in [-0.3, -0.25) is 28.8 Å². The van der Waals surface area contributed by atoms with Gasteiger partial charge in [0.25, 0.3) is 11.7 Å². The largest absolute Gasteiger partial charge is 0.522 e. The molecule has 2 unspecified atom stereocenters. The van der Waals surface area contributed by atoms with Gasteiger partial charge in [-0.1, -0.05) is 37.8 Å². The third kappa shape index (κ3) is 6.12. The average Bonchev–Trinajstić information content (AvgIpc) is 3.62. The van der Waals surface area contributed by atoms with Crippen LogP contribution in [0.3, 0.4) is 0 Å². The van der Waals surface area contributed by atoms with E-state index in [0.717, 1.165) is 6.08 Å². The lowest BCUT2D eigenvalue weighted by Gasteiger charge is -2.33. The van der Waals surface area contributed by atoms with Crippen LogP contribution in [0.1, 0.15) is 6.92 Å². The molecule has 54 heavy (non-hydrogen) atoms. The quantitative estimate of drug-likeness (QED) is 0.0598. The van der Waals surface area contributed by atoms with Crippen LogP contribution in [0.15, 0.2) is 124 Å². The summed E-state index contributed by atoms with van der Waals surface area (Å²) in [6.07, 6.45) is 5.50. The summed E-state index contributed by atoms with van der Waals surface area (Å²) in [4.78, 5) is 93.5. The molecule has 1 amide bonds. The third-order valence-corrected chi connectivity index (χ3v) is 7.83. The number of fused-ring (bicyclic) bond motifs is 11. The second kappa shape index (κ2) is 13.4. The van der Waals surface area contributed by atoms with E-state index in [4.69, 9.17) is 27.8 Å². The van der Waals surface area contributed by atoms with Crippen LogP contribution in [0.25, 0.3) is 0 Å². The highest BCUT2D eigenvalue weighted by atomic mass is 16.8. The minimum Gasteiger partial charge on any atom is -0.422 e. The molecule has 0 saturated carbocycles. The molecule has 1 radical (unpaired) electrons. The van der Waals surface area contributed by atoms with Crippen molar-refractivity contribution >= 4 is 53.4 Å². The van der Waals surface area contributed by atoms with Crippen molar-refractivity contribution in [1.29, 1.82) is 0 Å². The van der Waals surface area contributed by atoms with Crippen molar-refractivity contribution in [2.24, 2.45) is 0 Å². The van der Waals surface area contributed by atoms with Gasteiger partial charge in [0.2, 0.25) is 17.3 Å². The van der Waals surface area contributed by atoms with Crippen molar-refractivity contribution in [3.05, 3.63) is 144 Å². The molecule has 1 saturated heterocycles. The summed E-state index contributed by atoms with van der Waals surface area (Å²) in [6, 6.07) is 0. The third-order valence-electron chi connectivity index (χ3n) is 7.83. The first-order valence-electron chi connectivity index (χ1n) is 14.9. The van der Waals surface area contributed by atoms with E-state index in [1.807, 2.05) is 0 Å². The molecule has 265 valence electrons. The van der Waals surface area contributed by atoms with E-state index in [2.05, 4.69) is 88.4 Å². The Labute approximate surface area is 305 Å². The normalized spacial score (nSPS) is 25.8. The van der Waals surface area contributed by atoms with Crippen LogP contribution in [0.4, 0.5) is 0 Å². The Morgan fingerprint density at radius 2 is 1.65 bits per heavy atom. The van der Waals surface area contributed by atoms with E-state index in [1.165, 1.54) is 6.92 Å². The van der Waals surface area contributed by atoms with Crippen molar-refractivity contribution < 1.29 is 66.5 Å². The van der Waals surface area contributed by atoms with Gasteiger partial charge in [0.1, 0.15) is 24.0 Å². The summed E-state index contributed by atoms with van der Waals surface area (Å²) in [5.41, 5.74) is -0.687. The maximum Gasteiger partial charge on any atom is 0.522 e. The van der Waals surface area contributed by atoms with E-state index in [1.54, 1.807) is 0 Å². The van der Waals surface area contributed by atoms with E-state index in [9.17, 15) is 38.7 Å². The van der Waals surface area contributed by atoms with Gasteiger partial charge in [0.15, 0.2) is 24.4 Å². The number of amides is 1. The second-order valence-corrected chi connectivity index (χ2v) is 11.4. The Kier molecular flexibility index (Phi) is 9.32. The standard InChI is InChI=1S/C39H22NO14/c1-17-11-10-12-18(2)37(48)40-24-15-39(51-16-26(42)53-39)29-27(33(24)46)32(45)22(6)35-28(29)36(47)38(8,54-35)50-14-13-25(49-9)19(3)34(52-23(7)41)21(5)31(44)20(4)30(17)43/h12H,2-9,16H2,1H3/q+2/p+2. The molecule has 0 aromatic rings. The maximum absolute atomic E-state index is 14.1. The molecule has 1 fully saturated rings. The topological polar surface area (TPSA) is 211 Å². The lowest BCUT2D eigenvalue weighted by Crippen LogP contribution is -2.46. The van der Waals surface area contributed by atoms with Crippen LogP contribution in [0.2, 0.25) is 0 Å². The molecule has 15 heteroatoms. The molecule has 6 aliphatic rings. The highest BCUT2D eigenvalue weighted by molar-refractivity contribution is 6.39. The molecular formula is C39H24NO14+4. The van der Waals surface area contributed by atoms with Crippen molar-refractivity contribution in [3.63, 3.8) is 0 Å². The van der Waals surface area contributed by atoms with E-state index in [-0.39, 0.29) is 11.1 Å². The lowest BCUT2D eigenvalue weighted by molar-refractivity contribution is -0.433. The molecule has 4 aliphatic heterocycles. The first-order valence-corrected chi connectivity index (χ1v) is 14.9. The number of ether oxygens (including phenoxy) is 4. The lowest BCUT2D eigenvalue weighted by atomic mass is 9.75. The molecule has 2 atom stereocenters. The number of carbonyl (C=O) groups is 7. The van der Waals surface area contributed by atoms with Crippen LogP contribution in [0, 0.1) is 32.0 Å². The first kappa shape index (κ1) is 37.5. The van der Waals surface area contributed by atoms with Crippen molar-refractivity contribution in [2.45, 2.75) is 18.5 Å². The predicted octanol–water partition coefficient (Wildman–Crippen LogP) is 1.10. The van der Waals surface area contributed by atoms with Crippen LogP contribution in [0.5, 0.6) is 0 Å². The van der Waals surface area contributed by atoms with Gasteiger partial charge in [0.05, 0.1) is 40.5 Å². The molecule has 2 N–H and O–H groups in total. The molecule has 0 aromatic carbocycles. The number of esters is 1. The zero-order chi connectivity index (χ0) is 40.0. The number of carbonyl (C=O) groups excluding carboxylic acids is 9. The predicted molar refractivity (Wildman–Crippen MR) is 180 cm³/mol. The van der Waals surface area contributed by atoms with Crippen LogP contribution < -0.4 is 5.32 Å². The molecule has 15 nitrogen and oxygen atoms in total. The zero-order valence-corrected chi connectivity index (χ0v) is 28.2. The van der Waals surface area contributed by atoms with Crippen LogP contribution in [-0.2, 0) is 61.4 Å². The first-order chi connectivity index (χ1) is 25.3. The van der Waals surface area contributed by atoms with Crippen molar-refractivity contribution in [1.82, 2.24) is 5.32 Å². The van der Waals surface area contributed by atoms with E-state index < -0.39 is 127 Å². The smallest absolute Gasteiger partial charge is 0.422 e. The van der Waals surface area contributed by atoms with Gasteiger partial charge in [-0.25, -0.2) is 9.22 Å². The summed E-state index contributed by atoms with van der Waals surface area (Å²) in [5.74, 6) is -13.1.